The zero-order chi connectivity index (χ0) is 16.6. The number of amides is 1. The van der Waals surface area contributed by atoms with Crippen molar-refractivity contribution in [3.05, 3.63) is 0 Å². The quantitative estimate of drug-likeness (QED) is 0.370. The zero-order valence-corrected chi connectivity index (χ0v) is 15.3. The number of hydrogen-bond acceptors (Lipinski definition) is 3. The molecule has 0 fully saturated rings. The predicted octanol–water partition coefficient (Wildman–Crippen LogP) is 3.64. The van der Waals surface area contributed by atoms with E-state index in [0.717, 1.165) is 12.8 Å². The van der Waals surface area contributed by atoms with E-state index in [9.17, 15) is 9.59 Å². The fourth-order valence-electron chi connectivity index (χ4n) is 2.49. The molecule has 0 aliphatic carbocycles. The number of nitrogens with two attached hydrogens (primary N) is 1. The van der Waals surface area contributed by atoms with E-state index in [1.54, 1.807) is 0 Å². The van der Waals surface area contributed by atoms with Gasteiger partial charge >= 0.3 is 5.97 Å². The van der Waals surface area contributed by atoms with Gasteiger partial charge in [0.1, 0.15) is 6.04 Å². The van der Waals surface area contributed by atoms with Crippen molar-refractivity contribution in [1.82, 2.24) is 5.32 Å². The third-order valence-corrected chi connectivity index (χ3v) is 3.90. The van der Waals surface area contributed by atoms with Gasteiger partial charge in [-0.1, -0.05) is 64.7 Å². The first-order valence-corrected chi connectivity index (χ1v) is 8.82. The molecule has 23 heavy (non-hydrogen) atoms. The van der Waals surface area contributed by atoms with Gasteiger partial charge in [0.25, 0.3) is 0 Å². The van der Waals surface area contributed by atoms with Crippen LogP contribution >= 0.6 is 12.4 Å². The van der Waals surface area contributed by atoms with Gasteiger partial charge in [0, 0.05) is 6.42 Å². The van der Waals surface area contributed by atoms with Gasteiger partial charge in [0.05, 0.1) is 0 Å². The van der Waals surface area contributed by atoms with Crippen molar-refractivity contribution in [2.45, 2.75) is 90.0 Å². The smallest absolute Gasteiger partial charge is 0.320 e. The molecule has 138 valence electrons. The molecule has 0 saturated carbocycles. The molecule has 0 saturated heterocycles. The number of rotatable bonds is 16. The Morgan fingerprint density at radius 1 is 0.957 bits per heavy atom. The topological polar surface area (TPSA) is 92.4 Å². The molecule has 1 atom stereocenters. The minimum Gasteiger partial charge on any atom is -0.480 e. The molecule has 0 radical (unpaired) electrons. The second-order valence-electron chi connectivity index (χ2n) is 6.03. The molecule has 6 heteroatoms. The summed E-state index contributed by atoms with van der Waals surface area (Å²) < 4.78 is 0. The van der Waals surface area contributed by atoms with Crippen LogP contribution in [-0.2, 0) is 9.59 Å². The number of halogens is 1. The molecule has 5 nitrogen and oxygen atoms in total. The highest BCUT2D eigenvalue weighted by Crippen LogP contribution is 2.10. The van der Waals surface area contributed by atoms with Crippen LogP contribution in [0.15, 0.2) is 0 Å². The van der Waals surface area contributed by atoms with Crippen LogP contribution in [0.2, 0.25) is 0 Å². The summed E-state index contributed by atoms with van der Waals surface area (Å²) in [5, 5.41) is 12.0. The average Bonchev–Trinajstić information content (AvgIpc) is 2.47. The van der Waals surface area contributed by atoms with Crippen molar-refractivity contribution in [3.63, 3.8) is 0 Å². The lowest BCUT2D eigenvalue weighted by Crippen LogP contribution is -2.38. The van der Waals surface area contributed by atoms with Crippen LogP contribution in [0.4, 0.5) is 0 Å². The van der Waals surface area contributed by atoms with Crippen molar-refractivity contribution < 1.29 is 14.7 Å². The van der Waals surface area contributed by atoms with Gasteiger partial charge in [0.2, 0.25) is 5.91 Å². The van der Waals surface area contributed by atoms with E-state index in [0.29, 0.717) is 6.54 Å². The molecule has 0 aromatic heterocycles. The Hall–Kier alpha value is -0.810. The number of primary amides is 1. The Kier molecular flexibility index (Phi) is 18.6. The highest BCUT2D eigenvalue weighted by molar-refractivity contribution is 5.85. The summed E-state index contributed by atoms with van der Waals surface area (Å²) in [6, 6.07) is -0.661. The van der Waals surface area contributed by atoms with Crippen molar-refractivity contribution in [2.75, 3.05) is 6.54 Å². The van der Waals surface area contributed by atoms with E-state index in [4.69, 9.17) is 10.8 Å². The monoisotopic (exact) mass is 350 g/mol. The summed E-state index contributed by atoms with van der Waals surface area (Å²) in [7, 11) is 0. The fraction of sp³-hybridized carbons (Fsp3) is 0.882. The predicted molar refractivity (Wildman–Crippen MR) is 96.9 cm³/mol. The first-order chi connectivity index (χ1) is 10.6. The molecule has 0 aliphatic heterocycles. The molecule has 0 aliphatic rings. The largest absolute Gasteiger partial charge is 0.480 e. The fourth-order valence-corrected chi connectivity index (χ4v) is 2.49. The van der Waals surface area contributed by atoms with Crippen LogP contribution < -0.4 is 11.1 Å². The van der Waals surface area contributed by atoms with Gasteiger partial charge in [-0.05, 0) is 19.4 Å². The van der Waals surface area contributed by atoms with Crippen molar-refractivity contribution >= 4 is 24.3 Å². The lowest BCUT2D eigenvalue weighted by molar-refractivity contribution is -0.139. The molecule has 0 rings (SSSR count). The standard InChI is InChI=1S/C17H34N2O3.ClH/c1-2-3-4-5-6-7-8-9-10-11-14-19-15(17(21)22)12-13-16(18)20;/h15,19H,2-14H2,1H3,(H2,18,20)(H,21,22);1H. The maximum atomic E-state index is 11.0. The van der Waals surface area contributed by atoms with E-state index >= 15 is 0 Å². The van der Waals surface area contributed by atoms with Crippen LogP contribution in [0.5, 0.6) is 0 Å². The van der Waals surface area contributed by atoms with E-state index in [1.165, 1.54) is 51.4 Å². The summed E-state index contributed by atoms with van der Waals surface area (Å²) in [5.41, 5.74) is 5.04. The molecule has 1 amide bonds. The summed E-state index contributed by atoms with van der Waals surface area (Å²) in [6.07, 6.45) is 13.0. The summed E-state index contributed by atoms with van der Waals surface area (Å²) in [6.45, 7) is 2.92. The Labute approximate surface area is 147 Å². The van der Waals surface area contributed by atoms with Crippen molar-refractivity contribution in [1.29, 1.82) is 0 Å². The van der Waals surface area contributed by atoms with Crippen molar-refractivity contribution in [2.24, 2.45) is 5.73 Å². The average molecular weight is 351 g/mol. The summed E-state index contributed by atoms with van der Waals surface area (Å²) in [5.74, 6) is -1.36. The lowest BCUT2D eigenvalue weighted by Gasteiger charge is -2.13. The minimum absolute atomic E-state index is 0. The number of carbonyl (C=O) groups excluding carboxylic acids is 1. The number of aliphatic carboxylic acids is 1. The van der Waals surface area contributed by atoms with Crippen molar-refractivity contribution in [3.8, 4) is 0 Å². The van der Waals surface area contributed by atoms with E-state index < -0.39 is 17.9 Å². The van der Waals surface area contributed by atoms with Gasteiger partial charge in [-0.2, -0.15) is 0 Å². The first-order valence-electron chi connectivity index (χ1n) is 8.82. The Balaban J connectivity index is 0. The number of unbranched alkanes of at least 4 members (excludes halogenated alkanes) is 9. The van der Waals surface area contributed by atoms with E-state index in [2.05, 4.69) is 12.2 Å². The highest BCUT2D eigenvalue weighted by atomic mass is 35.5. The number of carboxylic acid groups (broad SMARTS) is 1. The van der Waals surface area contributed by atoms with Gasteiger partial charge in [-0.15, -0.1) is 12.4 Å². The van der Waals surface area contributed by atoms with E-state index in [1.807, 2.05) is 0 Å². The molecular formula is C17H35ClN2O3. The third kappa shape index (κ3) is 17.4. The van der Waals surface area contributed by atoms with Crippen LogP contribution in [0.1, 0.15) is 84.0 Å². The van der Waals surface area contributed by atoms with Crippen LogP contribution in [-0.4, -0.2) is 29.6 Å². The molecule has 4 N–H and O–H groups in total. The molecule has 0 bridgehead atoms. The minimum atomic E-state index is -0.909. The maximum absolute atomic E-state index is 11.0. The number of carboxylic acids is 1. The van der Waals surface area contributed by atoms with Gasteiger partial charge in [0.15, 0.2) is 0 Å². The molecule has 0 aromatic carbocycles. The Morgan fingerprint density at radius 3 is 1.87 bits per heavy atom. The van der Waals surface area contributed by atoms with E-state index in [-0.39, 0.29) is 25.2 Å². The van der Waals surface area contributed by atoms with Gasteiger partial charge < -0.3 is 16.2 Å². The van der Waals surface area contributed by atoms with Crippen LogP contribution in [0.25, 0.3) is 0 Å². The highest BCUT2D eigenvalue weighted by Gasteiger charge is 2.16. The Morgan fingerprint density at radius 2 is 1.43 bits per heavy atom. The molecule has 0 heterocycles. The summed E-state index contributed by atoms with van der Waals surface area (Å²) >= 11 is 0. The lowest BCUT2D eigenvalue weighted by atomic mass is 10.1. The maximum Gasteiger partial charge on any atom is 0.320 e. The normalized spacial score (nSPS) is 11.7. The molecule has 0 spiro atoms. The third-order valence-electron chi connectivity index (χ3n) is 3.90. The zero-order valence-electron chi connectivity index (χ0n) is 14.5. The number of carbonyl (C=O) groups is 2. The molecule has 1 unspecified atom stereocenters. The molecular weight excluding hydrogens is 316 g/mol. The van der Waals surface area contributed by atoms with Crippen LogP contribution in [0, 0.1) is 0 Å². The number of nitrogens with one attached hydrogen (secondary N) is 1. The SMILES string of the molecule is CCCCCCCCCCCCNC(CCC(N)=O)C(=O)O.Cl. The Bertz CT molecular complexity index is 302. The first kappa shape index (κ1) is 24.4. The van der Waals surface area contributed by atoms with Gasteiger partial charge in [-0.3, -0.25) is 9.59 Å². The summed E-state index contributed by atoms with van der Waals surface area (Å²) in [4.78, 5) is 21.7. The second-order valence-corrected chi connectivity index (χ2v) is 6.03. The number of hydrogen-bond donors (Lipinski definition) is 3. The van der Waals surface area contributed by atoms with Gasteiger partial charge in [-0.25, -0.2) is 0 Å². The van der Waals surface area contributed by atoms with Crippen LogP contribution in [0.3, 0.4) is 0 Å². The second kappa shape index (κ2) is 17.5. The molecule has 0 aromatic rings.